The van der Waals surface area contributed by atoms with Crippen LogP contribution in [-0.4, -0.2) is 73.4 Å². The summed E-state index contributed by atoms with van der Waals surface area (Å²) in [7, 11) is 1.56. The second-order valence-electron chi connectivity index (χ2n) is 23.1. The highest BCUT2D eigenvalue weighted by Crippen LogP contribution is 2.43. The van der Waals surface area contributed by atoms with Gasteiger partial charge in [-0.1, -0.05) is 292 Å². The maximum atomic E-state index is 13.0. The minimum Gasteiger partial charge on any atom is -0.387 e. The van der Waals surface area contributed by atoms with E-state index < -0.39 is 20.0 Å². The lowest BCUT2D eigenvalue weighted by atomic mass is 10.0. The maximum Gasteiger partial charge on any atom is 0.472 e. The Balaban J connectivity index is 4.08. The first-order valence-electron chi connectivity index (χ1n) is 32.5. The van der Waals surface area contributed by atoms with Crippen LogP contribution in [0.25, 0.3) is 0 Å². The highest BCUT2D eigenvalue weighted by Gasteiger charge is 2.27. The summed E-state index contributed by atoms with van der Waals surface area (Å²) >= 11 is 0. The maximum absolute atomic E-state index is 13.0. The Bertz CT molecular complexity index is 1530. The normalized spacial score (nSPS) is 14.3. The van der Waals surface area contributed by atoms with Crippen LogP contribution in [0.4, 0.5) is 0 Å². The Kier molecular flexibility index (Phi) is 56.6. The molecule has 0 spiro atoms. The van der Waals surface area contributed by atoms with Crippen molar-refractivity contribution in [1.29, 1.82) is 0 Å². The molecule has 3 unspecified atom stereocenters. The molecule has 77 heavy (non-hydrogen) atoms. The van der Waals surface area contributed by atoms with Crippen molar-refractivity contribution in [2.75, 3.05) is 40.9 Å². The molecule has 0 fully saturated rings. The largest absolute Gasteiger partial charge is 0.472 e. The van der Waals surface area contributed by atoms with Crippen LogP contribution in [0.2, 0.25) is 0 Å². The molecule has 8 nitrogen and oxygen atoms in total. The molecule has 0 radical (unpaired) electrons. The number of nitrogens with zero attached hydrogens (tertiary/aromatic N) is 1. The van der Waals surface area contributed by atoms with Crippen molar-refractivity contribution in [3.63, 3.8) is 0 Å². The molecule has 0 aliphatic carbocycles. The lowest BCUT2D eigenvalue weighted by Crippen LogP contribution is -2.45. The summed E-state index contributed by atoms with van der Waals surface area (Å²) in [6.45, 7) is 4.71. The van der Waals surface area contributed by atoms with Crippen LogP contribution >= 0.6 is 7.82 Å². The van der Waals surface area contributed by atoms with E-state index in [4.69, 9.17) is 9.05 Å². The Morgan fingerprint density at radius 1 is 0.455 bits per heavy atom. The van der Waals surface area contributed by atoms with Gasteiger partial charge in [0.1, 0.15) is 13.2 Å². The van der Waals surface area contributed by atoms with Crippen LogP contribution in [0.5, 0.6) is 0 Å². The number of phosphoric acid groups is 1. The van der Waals surface area contributed by atoms with E-state index in [1.54, 1.807) is 6.08 Å². The quantitative estimate of drug-likeness (QED) is 0.0243. The van der Waals surface area contributed by atoms with Gasteiger partial charge in [-0.3, -0.25) is 13.8 Å². The third kappa shape index (κ3) is 61.2. The summed E-state index contributed by atoms with van der Waals surface area (Å²) < 4.78 is 23.7. The number of hydrogen-bond acceptors (Lipinski definition) is 5. The SMILES string of the molecule is CC/C=C\C/C=C\C/C=C\C/C=C\C/C=C\CCCCCCCCCCCCCCCCCCCCCC(=O)NC(COP(=O)(O)OCC[N+](C)(C)C)C(O)/C=C/CC/C=C/CCCCCCCCCCCCCCCC. The topological polar surface area (TPSA) is 105 Å². The molecular formula is C68H126N2O6P+. The molecular weight excluding hydrogens is 972 g/mol. The van der Waals surface area contributed by atoms with Crippen LogP contribution < -0.4 is 5.32 Å². The fourth-order valence-electron chi connectivity index (χ4n) is 9.32. The third-order valence-electron chi connectivity index (χ3n) is 14.3. The molecule has 0 saturated heterocycles. The number of rotatable bonds is 59. The van der Waals surface area contributed by atoms with Crippen molar-refractivity contribution in [2.45, 2.75) is 302 Å². The number of aliphatic hydroxyl groups is 1. The number of likely N-dealkylation sites (N-methyl/N-ethyl adjacent to an activating group) is 1. The molecule has 9 heteroatoms. The summed E-state index contributed by atoms with van der Waals surface area (Å²) in [5.74, 6) is -0.185. The zero-order chi connectivity index (χ0) is 56.3. The fraction of sp³-hybridized carbons (Fsp3) is 0.779. The molecule has 0 heterocycles. The summed E-state index contributed by atoms with van der Waals surface area (Å²) in [5, 5.41) is 14.0. The summed E-state index contributed by atoms with van der Waals surface area (Å²) in [4.78, 5) is 23.4. The Morgan fingerprint density at radius 2 is 0.792 bits per heavy atom. The smallest absolute Gasteiger partial charge is 0.387 e. The van der Waals surface area contributed by atoms with Crippen molar-refractivity contribution < 1.29 is 32.9 Å². The molecule has 0 aliphatic rings. The lowest BCUT2D eigenvalue weighted by molar-refractivity contribution is -0.870. The van der Waals surface area contributed by atoms with E-state index in [1.165, 1.54) is 199 Å². The Labute approximate surface area is 477 Å². The molecule has 448 valence electrons. The van der Waals surface area contributed by atoms with Gasteiger partial charge in [0, 0.05) is 6.42 Å². The predicted molar refractivity (Wildman–Crippen MR) is 336 cm³/mol. The highest BCUT2D eigenvalue weighted by molar-refractivity contribution is 7.47. The van der Waals surface area contributed by atoms with Gasteiger partial charge in [-0.2, -0.15) is 0 Å². The van der Waals surface area contributed by atoms with Gasteiger partial charge < -0.3 is 19.8 Å². The average molecular weight is 1100 g/mol. The first-order valence-corrected chi connectivity index (χ1v) is 34.0. The zero-order valence-corrected chi connectivity index (χ0v) is 52.1. The van der Waals surface area contributed by atoms with E-state index in [9.17, 15) is 19.4 Å². The molecule has 0 aromatic rings. The monoisotopic (exact) mass is 1100 g/mol. The number of aliphatic hydroxyl groups excluding tert-OH is 1. The third-order valence-corrected chi connectivity index (χ3v) is 15.3. The molecule has 1 amide bonds. The van der Waals surface area contributed by atoms with E-state index in [1.807, 2.05) is 27.2 Å². The number of unbranched alkanes of at least 4 members (excludes halogenated alkanes) is 34. The number of carbonyl (C=O) groups is 1. The van der Waals surface area contributed by atoms with E-state index in [-0.39, 0.29) is 19.1 Å². The van der Waals surface area contributed by atoms with Crippen molar-refractivity contribution >= 4 is 13.7 Å². The van der Waals surface area contributed by atoms with Gasteiger partial charge in [0.15, 0.2) is 0 Å². The first-order chi connectivity index (χ1) is 37.5. The van der Waals surface area contributed by atoms with Crippen molar-refractivity contribution in [2.24, 2.45) is 0 Å². The van der Waals surface area contributed by atoms with Crippen LogP contribution in [-0.2, 0) is 18.4 Å². The number of quaternary nitrogens is 1. The van der Waals surface area contributed by atoms with E-state index in [0.717, 1.165) is 70.6 Å². The Hall–Kier alpha value is -2.32. The van der Waals surface area contributed by atoms with Crippen molar-refractivity contribution in [3.05, 3.63) is 85.1 Å². The minimum atomic E-state index is -4.36. The molecule has 0 bridgehead atoms. The van der Waals surface area contributed by atoms with Gasteiger partial charge in [-0.15, -0.1) is 0 Å². The fourth-order valence-corrected chi connectivity index (χ4v) is 10.1. The summed E-state index contributed by atoms with van der Waals surface area (Å²) in [6.07, 6.45) is 82.9. The van der Waals surface area contributed by atoms with E-state index >= 15 is 0 Å². The molecule has 3 atom stereocenters. The number of amides is 1. The second kappa shape index (κ2) is 58.3. The Morgan fingerprint density at radius 3 is 1.19 bits per heavy atom. The number of carbonyl (C=O) groups excluding carboxylic acids is 1. The zero-order valence-electron chi connectivity index (χ0n) is 51.2. The first kappa shape index (κ1) is 74.7. The molecule has 3 N–H and O–H groups in total. The lowest BCUT2D eigenvalue weighted by Gasteiger charge is -2.25. The van der Waals surface area contributed by atoms with Crippen molar-refractivity contribution in [3.8, 4) is 0 Å². The van der Waals surface area contributed by atoms with Crippen LogP contribution in [0, 0.1) is 0 Å². The number of phosphoric ester groups is 1. The van der Waals surface area contributed by atoms with Crippen LogP contribution in [0.1, 0.15) is 290 Å². The summed E-state index contributed by atoms with van der Waals surface area (Å²) in [5.41, 5.74) is 0. The van der Waals surface area contributed by atoms with Gasteiger partial charge in [0.05, 0.1) is 39.9 Å². The standard InChI is InChI=1S/C68H125N2O6P/c1-6-8-10-12-14-16-18-20-22-24-26-28-29-30-31-32-33-34-35-36-37-38-39-40-41-42-44-46-48-50-52-54-56-58-60-62-68(72)69-66(65-76-77(73,74)75-64-63-70(3,4)5)67(71)61-59-57-55-53-51-49-47-45-43-27-25-23-21-19-17-15-13-11-9-7-2/h8,10,14,16,20,22,26,28,30-31,51,53,59,61,66-67,71H,6-7,9,11-13,15,17-19,21,23-25,27,29,32-50,52,54-58,60,62-65H2,1-5H3,(H-,69,72,73,74)/p+1/b10-8-,16-14-,22-20-,28-26-,31-30-,53-51+,61-59+. The summed E-state index contributed by atoms with van der Waals surface area (Å²) in [6, 6.07) is -0.866. The van der Waals surface area contributed by atoms with E-state index in [2.05, 4.69) is 92.1 Å². The van der Waals surface area contributed by atoms with Gasteiger partial charge in [0.2, 0.25) is 5.91 Å². The average Bonchev–Trinajstić information content (AvgIpc) is 3.39. The van der Waals surface area contributed by atoms with E-state index in [0.29, 0.717) is 17.4 Å². The highest BCUT2D eigenvalue weighted by atomic mass is 31.2. The van der Waals surface area contributed by atoms with Gasteiger partial charge >= 0.3 is 7.82 Å². The molecule has 0 aromatic heterocycles. The number of hydrogen-bond donors (Lipinski definition) is 3. The molecule has 0 rings (SSSR count). The molecule has 0 saturated carbocycles. The molecule has 0 aliphatic heterocycles. The predicted octanol–water partition coefficient (Wildman–Crippen LogP) is 20.4. The van der Waals surface area contributed by atoms with Crippen molar-refractivity contribution in [1.82, 2.24) is 5.32 Å². The van der Waals surface area contributed by atoms with Crippen LogP contribution in [0.15, 0.2) is 85.1 Å². The van der Waals surface area contributed by atoms with Gasteiger partial charge in [-0.05, 0) is 77.0 Å². The van der Waals surface area contributed by atoms with Gasteiger partial charge in [-0.25, -0.2) is 4.57 Å². The number of nitrogens with one attached hydrogen (secondary N) is 1. The van der Waals surface area contributed by atoms with Crippen LogP contribution in [0.3, 0.4) is 0 Å². The second-order valence-corrected chi connectivity index (χ2v) is 24.6. The van der Waals surface area contributed by atoms with Gasteiger partial charge in [0.25, 0.3) is 0 Å². The minimum absolute atomic E-state index is 0.0550. The molecule has 0 aromatic carbocycles. The number of allylic oxidation sites excluding steroid dienone is 13.